The molecule has 0 aliphatic carbocycles. The van der Waals surface area contributed by atoms with Crippen LogP contribution in [0.5, 0.6) is 0 Å². The summed E-state index contributed by atoms with van der Waals surface area (Å²) < 4.78 is 0. The average Bonchev–Trinajstić information content (AvgIpc) is 2.25. The fourth-order valence-electron chi connectivity index (χ4n) is 1.49. The Morgan fingerprint density at radius 3 is 2.71 bits per heavy atom. The predicted molar refractivity (Wildman–Crippen MR) is 58.8 cm³/mol. The minimum absolute atomic E-state index is 0.446. The van der Waals surface area contributed by atoms with Crippen LogP contribution in [0.2, 0.25) is 0 Å². The van der Waals surface area contributed by atoms with Crippen molar-refractivity contribution in [3.8, 4) is 11.8 Å². The quantitative estimate of drug-likeness (QED) is 0.723. The van der Waals surface area contributed by atoms with Gasteiger partial charge >= 0.3 is 0 Å². The van der Waals surface area contributed by atoms with Crippen LogP contribution in [0.1, 0.15) is 37.5 Å². The second-order valence-electron chi connectivity index (χ2n) is 3.20. The molecule has 0 fully saturated rings. The smallest absolute Gasteiger partial charge is 0.0901 e. The first kappa shape index (κ1) is 10.8. The van der Waals surface area contributed by atoms with E-state index in [9.17, 15) is 5.11 Å². The van der Waals surface area contributed by atoms with Crippen molar-refractivity contribution in [2.24, 2.45) is 0 Å². The molecule has 0 saturated heterocycles. The Kier molecular flexibility index (Phi) is 4.22. The zero-order valence-corrected chi connectivity index (χ0v) is 8.75. The molecule has 1 rings (SSSR count). The summed E-state index contributed by atoms with van der Waals surface area (Å²) in [7, 11) is 0. The Morgan fingerprint density at radius 2 is 2.07 bits per heavy atom. The first-order chi connectivity index (χ1) is 6.79. The van der Waals surface area contributed by atoms with E-state index in [1.165, 1.54) is 5.56 Å². The third kappa shape index (κ3) is 2.61. The lowest BCUT2D eigenvalue weighted by Gasteiger charge is -2.11. The molecule has 1 nitrogen and oxygen atoms in total. The van der Waals surface area contributed by atoms with E-state index in [1.807, 2.05) is 18.2 Å². The summed E-state index contributed by atoms with van der Waals surface area (Å²) >= 11 is 0. The summed E-state index contributed by atoms with van der Waals surface area (Å²) in [6.07, 6.45) is 1.03. The van der Waals surface area contributed by atoms with Crippen molar-refractivity contribution in [1.29, 1.82) is 0 Å². The Balaban J connectivity index is 2.85. The van der Waals surface area contributed by atoms with Crippen molar-refractivity contribution >= 4 is 0 Å². The molecule has 74 valence electrons. The molecule has 14 heavy (non-hydrogen) atoms. The van der Waals surface area contributed by atoms with Gasteiger partial charge in [-0.2, -0.15) is 0 Å². The standard InChI is InChI=1S/C13H16O/c1-3-5-10-13(14)12-9-7-6-8-11(12)4-2/h6-9,13-14H,4,10H2,1-2H3. The Bertz CT molecular complexity index is 344. The van der Waals surface area contributed by atoms with Crippen molar-refractivity contribution in [2.75, 3.05) is 0 Å². The Labute approximate surface area is 85.8 Å². The van der Waals surface area contributed by atoms with Crippen LogP contribution in [-0.2, 0) is 6.42 Å². The molecule has 1 aromatic rings. The first-order valence-electron chi connectivity index (χ1n) is 4.95. The predicted octanol–water partition coefficient (Wildman–Crippen LogP) is 2.70. The maximum Gasteiger partial charge on any atom is 0.0901 e. The monoisotopic (exact) mass is 188 g/mol. The molecule has 1 unspecified atom stereocenters. The van der Waals surface area contributed by atoms with Gasteiger partial charge in [-0.05, 0) is 24.5 Å². The minimum atomic E-state index is -0.446. The number of aliphatic hydroxyl groups is 1. The second-order valence-corrected chi connectivity index (χ2v) is 3.20. The molecule has 1 aromatic carbocycles. The molecule has 0 aliphatic heterocycles. The van der Waals surface area contributed by atoms with Crippen LogP contribution in [0.3, 0.4) is 0 Å². The summed E-state index contributed by atoms with van der Waals surface area (Å²) in [5.41, 5.74) is 2.22. The van der Waals surface area contributed by atoms with Gasteiger partial charge in [0.05, 0.1) is 6.10 Å². The van der Waals surface area contributed by atoms with Gasteiger partial charge in [-0.15, -0.1) is 11.8 Å². The largest absolute Gasteiger partial charge is 0.387 e. The van der Waals surface area contributed by atoms with Crippen LogP contribution < -0.4 is 0 Å². The van der Waals surface area contributed by atoms with Crippen molar-refractivity contribution in [3.05, 3.63) is 35.4 Å². The van der Waals surface area contributed by atoms with Gasteiger partial charge in [-0.1, -0.05) is 31.2 Å². The molecular weight excluding hydrogens is 172 g/mol. The van der Waals surface area contributed by atoms with E-state index in [4.69, 9.17) is 0 Å². The van der Waals surface area contributed by atoms with Gasteiger partial charge in [0.25, 0.3) is 0 Å². The lowest BCUT2D eigenvalue weighted by Crippen LogP contribution is -2.00. The van der Waals surface area contributed by atoms with Crippen molar-refractivity contribution in [2.45, 2.75) is 32.8 Å². The summed E-state index contributed by atoms with van der Waals surface area (Å²) in [5, 5.41) is 9.86. The average molecular weight is 188 g/mol. The number of hydrogen-bond acceptors (Lipinski definition) is 1. The van der Waals surface area contributed by atoms with Crippen LogP contribution in [-0.4, -0.2) is 5.11 Å². The highest BCUT2D eigenvalue weighted by Gasteiger charge is 2.08. The van der Waals surface area contributed by atoms with Gasteiger partial charge in [0.2, 0.25) is 0 Å². The molecule has 0 aliphatic rings. The van der Waals surface area contributed by atoms with Crippen molar-refractivity contribution in [3.63, 3.8) is 0 Å². The van der Waals surface area contributed by atoms with E-state index in [1.54, 1.807) is 6.92 Å². The molecule has 0 spiro atoms. The second kappa shape index (κ2) is 5.47. The van der Waals surface area contributed by atoms with Gasteiger partial charge in [0, 0.05) is 6.42 Å². The number of aryl methyl sites for hydroxylation is 1. The molecule has 0 aromatic heterocycles. The summed E-state index contributed by atoms with van der Waals surface area (Å²) in [5.74, 6) is 5.69. The highest BCUT2D eigenvalue weighted by atomic mass is 16.3. The van der Waals surface area contributed by atoms with E-state index in [2.05, 4.69) is 24.8 Å². The van der Waals surface area contributed by atoms with Crippen LogP contribution in [0, 0.1) is 11.8 Å². The van der Waals surface area contributed by atoms with Gasteiger partial charge in [0.1, 0.15) is 0 Å². The van der Waals surface area contributed by atoms with E-state index < -0.39 is 6.10 Å². The zero-order chi connectivity index (χ0) is 10.4. The summed E-state index contributed by atoms with van der Waals surface area (Å²) in [6, 6.07) is 7.98. The Hall–Kier alpha value is -1.26. The molecule has 1 heteroatoms. The molecular formula is C13H16O. The van der Waals surface area contributed by atoms with E-state index in [-0.39, 0.29) is 0 Å². The van der Waals surface area contributed by atoms with Gasteiger partial charge < -0.3 is 5.11 Å². The summed E-state index contributed by atoms with van der Waals surface area (Å²) in [4.78, 5) is 0. The topological polar surface area (TPSA) is 20.2 Å². The molecule has 0 heterocycles. The normalized spacial score (nSPS) is 11.6. The van der Waals surface area contributed by atoms with Crippen LogP contribution in [0.4, 0.5) is 0 Å². The number of hydrogen-bond donors (Lipinski definition) is 1. The van der Waals surface area contributed by atoms with E-state index >= 15 is 0 Å². The van der Waals surface area contributed by atoms with Gasteiger partial charge in [0.15, 0.2) is 0 Å². The lowest BCUT2D eigenvalue weighted by molar-refractivity contribution is 0.183. The van der Waals surface area contributed by atoms with Crippen LogP contribution >= 0.6 is 0 Å². The van der Waals surface area contributed by atoms with Gasteiger partial charge in [-0.3, -0.25) is 0 Å². The minimum Gasteiger partial charge on any atom is -0.387 e. The highest BCUT2D eigenvalue weighted by molar-refractivity contribution is 5.29. The molecule has 0 saturated carbocycles. The fraction of sp³-hybridized carbons (Fsp3) is 0.385. The molecule has 0 bridgehead atoms. The molecule has 1 N–H and O–H groups in total. The SMILES string of the molecule is CC#CCC(O)c1ccccc1CC. The van der Waals surface area contributed by atoms with E-state index in [0.717, 1.165) is 12.0 Å². The van der Waals surface area contributed by atoms with Crippen molar-refractivity contribution in [1.82, 2.24) is 0 Å². The van der Waals surface area contributed by atoms with Gasteiger partial charge in [-0.25, -0.2) is 0 Å². The highest BCUT2D eigenvalue weighted by Crippen LogP contribution is 2.20. The molecule has 0 radical (unpaired) electrons. The number of benzene rings is 1. The lowest BCUT2D eigenvalue weighted by atomic mass is 9.99. The number of rotatable bonds is 3. The maximum atomic E-state index is 9.86. The third-order valence-electron chi connectivity index (χ3n) is 2.27. The third-order valence-corrected chi connectivity index (χ3v) is 2.27. The first-order valence-corrected chi connectivity index (χ1v) is 4.95. The molecule has 0 amide bonds. The van der Waals surface area contributed by atoms with Crippen molar-refractivity contribution < 1.29 is 5.11 Å². The van der Waals surface area contributed by atoms with Crippen LogP contribution in [0.15, 0.2) is 24.3 Å². The fourth-order valence-corrected chi connectivity index (χ4v) is 1.49. The number of aliphatic hydroxyl groups excluding tert-OH is 1. The van der Waals surface area contributed by atoms with E-state index in [0.29, 0.717) is 6.42 Å². The van der Waals surface area contributed by atoms with Crippen LogP contribution in [0.25, 0.3) is 0 Å². The maximum absolute atomic E-state index is 9.86. The Morgan fingerprint density at radius 1 is 1.36 bits per heavy atom. The molecule has 1 atom stereocenters. The zero-order valence-electron chi connectivity index (χ0n) is 8.75. The summed E-state index contributed by atoms with van der Waals surface area (Å²) in [6.45, 7) is 3.88.